The van der Waals surface area contributed by atoms with Crippen molar-refractivity contribution in [3.63, 3.8) is 0 Å². The summed E-state index contributed by atoms with van der Waals surface area (Å²) in [5, 5.41) is 11.0. The minimum atomic E-state index is 0. The first-order valence-electron chi connectivity index (χ1n) is 10.2. The van der Waals surface area contributed by atoms with Crippen LogP contribution in [0.15, 0.2) is 33.9 Å². The van der Waals surface area contributed by atoms with Crippen molar-refractivity contribution in [2.75, 3.05) is 26.2 Å². The normalized spacial score (nSPS) is 15.8. The molecule has 0 bridgehead atoms. The highest BCUT2D eigenvalue weighted by molar-refractivity contribution is 14.0. The monoisotopic (exact) mass is 512 g/mol. The fourth-order valence-corrected chi connectivity index (χ4v) is 3.61. The van der Waals surface area contributed by atoms with Crippen LogP contribution < -0.4 is 10.6 Å². The summed E-state index contributed by atoms with van der Waals surface area (Å²) in [7, 11) is 0. The van der Waals surface area contributed by atoms with Gasteiger partial charge in [-0.1, -0.05) is 11.2 Å². The predicted octanol–water partition coefficient (Wildman–Crippen LogP) is 3.07. The number of rotatable bonds is 7. The molecule has 1 saturated heterocycles. The number of halogens is 1. The summed E-state index contributed by atoms with van der Waals surface area (Å²) in [6.45, 7) is 10.7. The lowest BCUT2D eigenvalue weighted by Crippen LogP contribution is -2.48. The van der Waals surface area contributed by atoms with Crippen LogP contribution in [0.1, 0.15) is 42.5 Å². The Morgan fingerprint density at radius 2 is 2.07 bits per heavy atom. The predicted molar refractivity (Wildman–Crippen MR) is 127 cm³/mol. The molecule has 0 radical (unpaired) electrons. The van der Waals surface area contributed by atoms with E-state index < -0.39 is 0 Å². The maximum atomic E-state index is 5.24. The lowest BCUT2D eigenvalue weighted by molar-refractivity contribution is 0.196. The van der Waals surface area contributed by atoms with Gasteiger partial charge in [-0.2, -0.15) is 0 Å². The molecule has 1 aliphatic heterocycles. The van der Waals surface area contributed by atoms with Gasteiger partial charge in [0.25, 0.3) is 0 Å². The van der Waals surface area contributed by atoms with Gasteiger partial charge in [-0.25, -0.2) is 0 Å². The Bertz CT molecular complexity index is 736. The summed E-state index contributed by atoms with van der Waals surface area (Å²) >= 11 is 0. The van der Waals surface area contributed by atoms with Gasteiger partial charge in [0, 0.05) is 50.5 Å². The largest absolute Gasteiger partial charge is 0.361 e. The molecule has 3 rings (SSSR count). The number of nitrogens with zero attached hydrogens (tertiary/aromatic N) is 4. The minimum Gasteiger partial charge on any atom is -0.361 e. The van der Waals surface area contributed by atoms with E-state index in [4.69, 9.17) is 9.52 Å². The Hall–Kier alpha value is -1.68. The summed E-state index contributed by atoms with van der Waals surface area (Å²) in [6, 6.07) is 6.57. The van der Waals surface area contributed by atoms with Crippen LogP contribution in [0.4, 0.5) is 0 Å². The van der Waals surface area contributed by atoms with Gasteiger partial charge in [-0.3, -0.25) is 14.9 Å². The number of hydrogen-bond acceptors (Lipinski definition) is 5. The number of aromatic nitrogens is 2. The second kappa shape index (κ2) is 12.1. The van der Waals surface area contributed by atoms with Crippen molar-refractivity contribution in [3.05, 3.63) is 47.1 Å². The first-order valence-corrected chi connectivity index (χ1v) is 10.2. The van der Waals surface area contributed by atoms with E-state index in [2.05, 4.69) is 44.7 Å². The van der Waals surface area contributed by atoms with Crippen LogP contribution in [0, 0.1) is 13.8 Å². The highest BCUT2D eigenvalue weighted by atomic mass is 127. The van der Waals surface area contributed by atoms with E-state index in [0.717, 1.165) is 75.1 Å². The molecular formula is C21H33IN6O. The van der Waals surface area contributed by atoms with Crippen LogP contribution in [-0.4, -0.2) is 53.2 Å². The van der Waals surface area contributed by atoms with Crippen LogP contribution in [0.25, 0.3) is 0 Å². The van der Waals surface area contributed by atoms with Gasteiger partial charge >= 0.3 is 0 Å². The van der Waals surface area contributed by atoms with Gasteiger partial charge in [0.15, 0.2) is 5.96 Å². The van der Waals surface area contributed by atoms with Gasteiger partial charge in [-0.15, -0.1) is 24.0 Å². The molecule has 29 heavy (non-hydrogen) atoms. The molecule has 160 valence electrons. The fraction of sp³-hybridized carbons (Fsp3) is 0.571. The van der Waals surface area contributed by atoms with Crippen LogP contribution in [0.3, 0.4) is 0 Å². The van der Waals surface area contributed by atoms with Crippen molar-refractivity contribution in [1.29, 1.82) is 0 Å². The van der Waals surface area contributed by atoms with E-state index in [0.29, 0.717) is 6.04 Å². The summed E-state index contributed by atoms with van der Waals surface area (Å²) < 4.78 is 5.24. The van der Waals surface area contributed by atoms with Crippen molar-refractivity contribution in [3.8, 4) is 0 Å². The standard InChI is InChI=1S/C21H32N6O.HI/c1-4-22-21(24-12-8-20-16(2)26-28-17(20)3)25-18-9-13-27(14-10-18)15-19-7-5-6-11-23-19;/h5-7,11,18H,4,8-10,12-15H2,1-3H3,(H2,22,24,25);1H. The average molecular weight is 512 g/mol. The summed E-state index contributed by atoms with van der Waals surface area (Å²) in [6.07, 6.45) is 4.94. The van der Waals surface area contributed by atoms with Crippen molar-refractivity contribution in [1.82, 2.24) is 25.7 Å². The summed E-state index contributed by atoms with van der Waals surface area (Å²) in [4.78, 5) is 11.7. The first-order chi connectivity index (χ1) is 13.7. The minimum absolute atomic E-state index is 0. The first kappa shape index (κ1) is 23.6. The Kier molecular flexibility index (Phi) is 9.86. The molecule has 2 aromatic heterocycles. The third kappa shape index (κ3) is 7.26. The second-order valence-corrected chi connectivity index (χ2v) is 7.33. The van der Waals surface area contributed by atoms with E-state index in [1.807, 2.05) is 26.1 Å². The van der Waals surface area contributed by atoms with E-state index in [1.165, 1.54) is 5.56 Å². The van der Waals surface area contributed by atoms with Crippen molar-refractivity contribution in [2.24, 2.45) is 4.99 Å². The Labute approximate surface area is 190 Å². The molecule has 7 nitrogen and oxygen atoms in total. The zero-order chi connectivity index (χ0) is 19.8. The van der Waals surface area contributed by atoms with Crippen LogP contribution in [0.2, 0.25) is 0 Å². The van der Waals surface area contributed by atoms with Crippen LogP contribution in [-0.2, 0) is 13.0 Å². The smallest absolute Gasteiger partial charge is 0.191 e. The Morgan fingerprint density at radius 3 is 2.69 bits per heavy atom. The van der Waals surface area contributed by atoms with E-state index in [9.17, 15) is 0 Å². The number of likely N-dealkylation sites (tertiary alicyclic amines) is 1. The zero-order valence-electron chi connectivity index (χ0n) is 17.6. The highest BCUT2D eigenvalue weighted by Gasteiger charge is 2.20. The molecule has 0 spiro atoms. The maximum absolute atomic E-state index is 5.24. The third-order valence-corrected chi connectivity index (χ3v) is 5.20. The molecule has 1 aliphatic rings. The molecular weight excluding hydrogens is 479 g/mol. The van der Waals surface area contributed by atoms with Crippen LogP contribution >= 0.6 is 24.0 Å². The van der Waals surface area contributed by atoms with Crippen molar-refractivity contribution >= 4 is 29.9 Å². The number of nitrogens with one attached hydrogen (secondary N) is 2. The third-order valence-electron chi connectivity index (χ3n) is 5.20. The molecule has 0 atom stereocenters. The molecule has 1 fully saturated rings. The SMILES string of the molecule is CCNC(=NCCc1c(C)noc1C)NC1CCN(Cc2ccccn2)CC1.I. The second-order valence-electron chi connectivity index (χ2n) is 7.33. The Balaban J connectivity index is 0.00000300. The number of aliphatic imine (C=N–C) groups is 1. The number of guanidine groups is 1. The van der Waals surface area contributed by atoms with Gasteiger partial charge in [0.05, 0.1) is 11.4 Å². The number of pyridine rings is 1. The van der Waals surface area contributed by atoms with E-state index in [1.54, 1.807) is 0 Å². The highest BCUT2D eigenvalue weighted by Crippen LogP contribution is 2.14. The van der Waals surface area contributed by atoms with Gasteiger partial charge < -0.3 is 15.2 Å². The van der Waals surface area contributed by atoms with Crippen molar-refractivity contribution < 1.29 is 4.52 Å². The van der Waals surface area contributed by atoms with Gasteiger partial charge in [-0.05, 0) is 52.2 Å². The molecule has 0 amide bonds. The quantitative estimate of drug-likeness (QED) is 0.338. The molecule has 0 aromatic carbocycles. The average Bonchev–Trinajstić information content (AvgIpc) is 3.02. The number of aryl methyl sites for hydroxylation is 2. The Morgan fingerprint density at radius 1 is 1.28 bits per heavy atom. The maximum Gasteiger partial charge on any atom is 0.191 e. The van der Waals surface area contributed by atoms with Gasteiger partial charge in [0.1, 0.15) is 5.76 Å². The topological polar surface area (TPSA) is 78.6 Å². The van der Waals surface area contributed by atoms with E-state index in [-0.39, 0.29) is 24.0 Å². The van der Waals surface area contributed by atoms with Crippen molar-refractivity contribution in [2.45, 2.75) is 52.6 Å². The summed E-state index contributed by atoms with van der Waals surface area (Å²) in [5.41, 5.74) is 3.27. The fourth-order valence-electron chi connectivity index (χ4n) is 3.61. The van der Waals surface area contributed by atoms with E-state index >= 15 is 0 Å². The molecule has 0 aliphatic carbocycles. The van der Waals surface area contributed by atoms with Crippen LogP contribution in [0.5, 0.6) is 0 Å². The summed E-state index contributed by atoms with van der Waals surface area (Å²) in [5.74, 6) is 1.79. The molecule has 0 unspecified atom stereocenters. The molecule has 2 N–H and O–H groups in total. The molecule has 0 saturated carbocycles. The molecule has 3 heterocycles. The lowest BCUT2D eigenvalue weighted by Gasteiger charge is -2.32. The lowest BCUT2D eigenvalue weighted by atomic mass is 10.0. The van der Waals surface area contributed by atoms with Gasteiger partial charge in [0.2, 0.25) is 0 Å². The number of hydrogen-bond donors (Lipinski definition) is 2. The number of piperidine rings is 1. The zero-order valence-corrected chi connectivity index (χ0v) is 20.0. The molecule has 2 aromatic rings. The molecule has 8 heteroatoms.